The molecular weight excluding hydrogens is 642 g/mol. The van der Waals surface area contributed by atoms with Gasteiger partial charge in [0.2, 0.25) is 0 Å². The summed E-state index contributed by atoms with van der Waals surface area (Å²) >= 11 is 10.2. The predicted molar refractivity (Wildman–Crippen MR) is 181 cm³/mol. The zero-order valence-corrected chi connectivity index (χ0v) is 27.6. The van der Waals surface area contributed by atoms with Gasteiger partial charge in [-0.15, -0.1) is 0 Å². The SMILES string of the molecule is CCOc1cc(C=Nn2c(-c3cc(C(C)C)c(OC)cc3C)nc3ccccc3c2=O)cc(Cl)c1OCc1ccc(Br)cc1. The first-order valence-corrected chi connectivity index (χ1v) is 15.5. The van der Waals surface area contributed by atoms with E-state index in [0.717, 1.165) is 32.5 Å². The van der Waals surface area contributed by atoms with Crippen LogP contribution in [0.5, 0.6) is 17.2 Å². The molecule has 226 valence electrons. The molecule has 0 N–H and O–H groups in total. The maximum absolute atomic E-state index is 13.8. The van der Waals surface area contributed by atoms with Gasteiger partial charge in [0.05, 0.1) is 35.9 Å². The number of halogens is 2. The Morgan fingerprint density at radius 2 is 1.77 bits per heavy atom. The van der Waals surface area contributed by atoms with Gasteiger partial charge in [0.25, 0.3) is 5.56 Å². The van der Waals surface area contributed by atoms with Crippen molar-refractivity contribution in [3.63, 3.8) is 0 Å². The molecule has 0 saturated carbocycles. The molecule has 0 amide bonds. The average Bonchev–Trinajstić information content (AvgIpc) is 3.01. The van der Waals surface area contributed by atoms with Gasteiger partial charge >= 0.3 is 0 Å². The molecule has 44 heavy (non-hydrogen) atoms. The lowest BCUT2D eigenvalue weighted by Crippen LogP contribution is -2.20. The number of ether oxygens (including phenoxy) is 3. The van der Waals surface area contributed by atoms with Crippen molar-refractivity contribution in [2.75, 3.05) is 13.7 Å². The standard InChI is InChI=1S/C35H33BrClN3O4/c1-6-43-32-17-24(16-29(37)33(32)44-20-23-11-13-25(36)14-12-23)19-38-40-34(39-30-10-8-7-9-26(30)35(40)41)28-18-27(21(2)3)31(42-5)15-22(28)4/h7-19,21H,6,20H2,1-5H3. The molecule has 1 aromatic heterocycles. The zero-order valence-electron chi connectivity index (χ0n) is 25.2. The second kappa shape index (κ2) is 13.7. The number of methoxy groups -OCH3 is 1. The van der Waals surface area contributed by atoms with E-state index in [2.05, 4.69) is 34.9 Å². The van der Waals surface area contributed by atoms with Crippen molar-refractivity contribution in [3.05, 3.63) is 115 Å². The summed E-state index contributed by atoms with van der Waals surface area (Å²) in [4.78, 5) is 18.7. The van der Waals surface area contributed by atoms with Crippen LogP contribution in [-0.2, 0) is 6.61 Å². The van der Waals surface area contributed by atoms with Crippen LogP contribution < -0.4 is 19.8 Å². The Hall–Kier alpha value is -4.14. The van der Waals surface area contributed by atoms with E-state index in [4.69, 9.17) is 30.8 Å². The van der Waals surface area contributed by atoms with Gasteiger partial charge in [-0.05, 0) is 90.6 Å². The van der Waals surface area contributed by atoms with Crippen LogP contribution in [-0.4, -0.2) is 29.6 Å². The number of aryl methyl sites for hydroxylation is 1. The Balaban J connectivity index is 1.59. The maximum Gasteiger partial charge on any atom is 0.282 e. The van der Waals surface area contributed by atoms with E-state index in [9.17, 15) is 4.79 Å². The number of benzene rings is 4. The summed E-state index contributed by atoms with van der Waals surface area (Å²) in [7, 11) is 1.66. The molecule has 0 aliphatic carbocycles. The summed E-state index contributed by atoms with van der Waals surface area (Å²) in [5.41, 5.74) is 4.64. The Labute approximate surface area is 270 Å². The molecule has 0 aliphatic rings. The Morgan fingerprint density at radius 1 is 1.02 bits per heavy atom. The summed E-state index contributed by atoms with van der Waals surface area (Å²) in [6, 6.07) is 22.7. The molecule has 7 nitrogen and oxygen atoms in total. The Bertz CT molecular complexity index is 1900. The topological polar surface area (TPSA) is 74.9 Å². The van der Waals surface area contributed by atoms with Crippen molar-refractivity contribution < 1.29 is 14.2 Å². The lowest BCUT2D eigenvalue weighted by molar-refractivity contribution is 0.269. The molecular formula is C35H33BrClN3O4. The van der Waals surface area contributed by atoms with E-state index in [1.807, 2.05) is 68.4 Å². The molecule has 0 radical (unpaired) electrons. The molecule has 4 aromatic carbocycles. The number of rotatable bonds is 10. The number of hydrogen-bond acceptors (Lipinski definition) is 6. The Morgan fingerprint density at radius 3 is 2.48 bits per heavy atom. The highest BCUT2D eigenvalue weighted by molar-refractivity contribution is 9.10. The van der Waals surface area contributed by atoms with E-state index >= 15 is 0 Å². The third-order valence-electron chi connectivity index (χ3n) is 7.14. The van der Waals surface area contributed by atoms with Gasteiger partial charge in [0, 0.05) is 10.0 Å². The van der Waals surface area contributed by atoms with Crippen molar-refractivity contribution in [2.45, 2.75) is 40.2 Å². The van der Waals surface area contributed by atoms with Crippen LogP contribution in [0.3, 0.4) is 0 Å². The fourth-order valence-electron chi connectivity index (χ4n) is 4.90. The number of nitrogens with zero attached hydrogens (tertiary/aromatic N) is 3. The van der Waals surface area contributed by atoms with E-state index in [1.54, 1.807) is 31.5 Å². The monoisotopic (exact) mass is 673 g/mol. The van der Waals surface area contributed by atoms with E-state index in [-0.39, 0.29) is 11.5 Å². The van der Waals surface area contributed by atoms with Crippen LogP contribution >= 0.6 is 27.5 Å². The number of hydrogen-bond donors (Lipinski definition) is 0. The van der Waals surface area contributed by atoms with Crippen LogP contribution in [0.15, 0.2) is 87.2 Å². The fourth-order valence-corrected chi connectivity index (χ4v) is 5.44. The summed E-state index contributed by atoms with van der Waals surface area (Å²) in [5, 5.41) is 5.49. The average molecular weight is 675 g/mol. The minimum Gasteiger partial charge on any atom is -0.496 e. The lowest BCUT2D eigenvalue weighted by atomic mass is 9.96. The van der Waals surface area contributed by atoms with Crippen LogP contribution in [0.25, 0.3) is 22.3 Å². The molecule has 0 atom stereocenters. The molecule has 9 heteroatoms. The molecule has 1 heterocycles. The summed E-state index contributed by atoms with van der Waals surface area (Å²) in [6.45, 7) is 8.80. The van der Waals surface area contributed by atoms with Gasteiger partial charge in [0.1, 0.15) is 12.4 Å². The predicted octanol–water partition coefficient (Wildman–Crippen LogP) is 8.78. The van der Waals surface area contributed by atoms with Gasteiger partial charge in [-0.3, -0.25) is 4.79 Å². The van der Waals surface area contributed by atoms with Crippen molar-refractivity contribution in [2.24, 2.45) is 5.10 Å². The number of fused-ring (bicyclic) bond motifs is 1. The fraction of sp³-hybridized carbons (Fsp3) is 0.229. The summed E-state index contributed by atoms with van der Waals surface area (Å²) < 4.78 is 20.0. The Kier molecular flexibility index (Phi) is 9.71. The second-order valence-corrected chi connectivity index (χ2v) is 11.9. The van der Waals surface area contributed by atoms with Crippen LogP contribution in [0.2, 0.25) is 5.02 Å². The van der Waals surface area contributed by atoms with Gasteiger partial charge in [-0.2, -0.15) is 9.78 Å². The summed E-state index contributed by atoms with van der Waals surface area (Å²) in [5.74, 6) is 2.33. The van der Waals surface area contributed by atoms with E-state index in [0.29, 0.717) is 52.0 Å². The third kappa shape index (κ3) is 6.66. The molecule has 0 aliphatic heterocycles. The van der Waals surface area contributed by atoms with Crippen LogP contribution in [0, 0.1) is 6.92 Å². The van der Waals surface area contributed by atoms with Gasteiger partial charge < -0.3 is 14.2 Å². The van der Waals surface area contributed by atoms with Crippen molar-refractivity contribution in [1.82, 2.24) is 9.66 Å². The van der Waals surface area contributed by atoms with Gasteiger partial charge in [-0.1, -0.05) is 65.6 Å². The van der Waals surface area contributed by atoms with Gasteiger partial charge in [-0.25, -0.2) is 4.98 Å². The minimum atomic E-state index is -0.284. The van der Waals surface area contributed by atoms with Crippen LogP contribution in [0.4, 0.5) is 0 Å². The second-order valence-electron chi connectivity index (χ2n) is 10.6. The quantitative estimate of drug-likeness (QED) is 0.139. The normalized spacial score (nSPS) is 11.5. The highest BCUT2D eigenvalue weighted by Crippen LogP contribution is 2.37. The van der Waals surface area contributed by atoms with E-state index in [1.165, 1.54) is 4.68 Å². The van der Waals surface area contributed by atoms with Crippen molar-refractivity contribution in [1.29, 1.82) is 0 Å². The highest BCUT2D eigenvalue weighted by Gasteiger charge is 2.19. The third-order valence-corrected chi connectivity index (χ3v) is 7.95. The smallest absolute Gasteiger partial charge is 0.282 e. The minimum absolute atomic E-state index is 0.192. The molecule has 0 bridgehead atoms. The first-order chi connectivity index (χ1) is 21.2. The first kappa shape index (κ1) is 31.3. The lowest BCUT2D eigenvalue weighted by Gasteiger charge is -2.17. The van der Waals surface area contributed by atoms with E-state index < -0.39 is 0 Å². The number of para-hydroxylation sites is 1. The maximum atomic E-state index is 13.8. The highest BCUT2D eigenvalue weighted by atomic mass is 79.9. The zero-order chi connectivity index (χ0) is 31.4. The molecule has 0 unspecified atom stereocenters. The van der Waals surface area contributed by atoms with Crippen molar-refractivity contribution in [3.8, 4) is 28.6 Å². The molecule has 0 spiro atoms. The summed E-state index contributed by atoms with van der Waals surface area (Å²) in [6.07, 6.45) is 1.58. The largest absolute Gasteiger partial charge is 0.496 e. The molecule has 0 fully saturated rings. The van der Waals surface area contributed by atoms with Gasteiger partial charge in [0.15, 0.2) is 17.3 Å². The number of aromatic nitrogens is 2. The molecule has 5 rings (SSSR count). The van der Waals surface area contributed by atoms with Crippen LogP contribution in [0.1, 0.15) is 48.9 Å². The molecule has 5 aromatic rings. The van der Waals surface area contributed by atoms with Crippen molar-refractivity contribution >= 4 is 44.6 Å². The molecule has 0 saturated heterocycles. The first-order valence-electron chi connectivity index (χ1n) is 14.3.